The van der Waals surface area contributed by atoms with Gasteiger partial charge in [0.2, 0.25) is 5.91 Å². The van der Waals surface area contributed by atoms with E-state index in [0.717, 1.165) is 32.5 Å². The van der Waals surface area contributed by atoms with Gasteiger partial charge in [0, 0.05) is 20.1 Å². The minimum Gasteiger partial charge on any atom is -0.341 e. The van der Waals surface area contributed by atoms with Crippen LogP contribution in [0.3, 0.4) is 0 Å². The Balaban J connectivity index is 1.80. The van der Waals surface area contributed by atoms with Gasteiger partial charge in [-0.2, -0.15) is 0 Å². The normalized spacial score (nSPS) is 16.0. The molecule has 1 N–H and O–H groups in total. The maximum Gasteiger partial charge on any atom is 0.264 e. The summed E-state index contributed by atoms with van der Waals surface area (Å²) in [7, 11) is 3.65. The summed E-state index contributed by atoms with van der Waals surface area (Å²) in [6, 6.07) is 3.64. The predicted molar refractivity (Wildman–Crippen MR) is 84.5 cm³/mol. The summed E-state index contributed by atoms with van der Waals surface area (Å²) in [5, 5.41) is 5.06. The van der Waals surface area contributed by atoms with Crippen molar-refractivity contribution in [2.75, 3.05) is 40.3 Å². The highest BCUT2D eigenvalue weighted by molar-refractivity contribution is 7.12. The van der Waals surface area contributed by atoms with Gasteiger partial charge in [-0.25, -0.2) is 0 Å². The first-order valence-corrected chi connectivity index (χ1v) is 8.21. The number of amides is 2. The Morgan fingerprint density at radius 2 is 2.14 bits per heavy atom. The Bertz CT molecular complexity index is 467. The van der Waals surface area contributed by atoms with Crippen LogP contribution in [0.1, 0.15) is 22.5 Å². The van der Waals surface area contributed by atoms with Crippen LogP contribution in [-0.2, 0) is 4.79 Å². The van der Waals surface area contributed by atoms with Crippen LogP contribution in [0.25, 0.3) is 0 Å². The van der Waals surface area contributed by atoms with Crippen molar-refractivity contribution in [2.24, 2.45) is 5.92 Å². The van der Waals surface area contributed by atoms with E-state index < -0.39 is 0 Å². The van der Waals surface area contributed by atoms with Crippen molar-refractivity contribution >= 4 is 23.2 Å². The topological polar surface area (TPSA) is 52.7 Å². The second-order valence-corrected chi connectivity index (χ2v) is 6.47. The maximum atomic E-state index is 12.3. The third-order valence-electron chi connectivity index (χ3n) is 3.91. The van der Waals surface area contributed by atoms with Crippen LogP contribution in [-0.4, -0.2) is 61.9 Å². The number of hydrogen-bond donors (Lipinski definition) is 1. The molecule has 5 nitrogen and oxygen atoms in total. The van der Waals surface area contributed by atoms with Crippen molar-refractivity contribution in [3.63, 3.8) is 0 Å². The fraction of sp³-hybridized carbons (Fsp3) is 0.600. The van der Waals surface area contributed by atoms with Crippen LogP contribution in [0.4, 0.5) is 0 Å². The zero-order chi connectivity index (χ0) is 15.2. The van der Waals surface area contributed by atoms with Gasteiger partial charge in [0.25, 0.3) is 5.91 Å². The number of carbonyl (C=O) groups excluding carboxylic acids is 2. The molecule has 1 aromatic rings. The summed E-state index contributed by atoms with van der Waals surface area (Å²) in [4.78, 5) is 28.5. The largest absolute Gasteiger partial charge is 0.341 e. The first-order valence-electron chi connectivity index (χ1n) is 7.33. The number of nitrogens with one attached hydrogen (secondary N) is 1. The second kappa shape index (κ2) is 7.56. The van der Waals surface area contributed by atoms with Gasteiger partial charge in [0.1, 0.15) is 0 Å². The molecule has 0 unspecified atom stereocenters. The molecule has 2 rings (SSSR count). The molecule has 1 aliphatic heterocycles. The Morgan fingerprint density at radius 3 is 2.71 bits per heavy atom. The molecule has 0 radical (unpaired) electrons. The van der Waals surface area contributed by atoms with Gasteiger partial charge in [0.05, 0.1) is 11.4 Å². The summed E-state index contributed by atoms with van der Waals surface area (Å²) < 4.78 is 0. The maximum absolute atomic E-state index is 12.3. The summed E-state index contributed by atoms with van der Waals surface area (Å²) in [6.07, 6.45) is 2.07. The highest BCUT2D eigenvalue weighted by Crippen LogP contribution is 2.17. The van der Waals surface area contributed by atoms with Gasteiger partial charge in [-0.1, -0.05) is 6.07 Å². The van der Waals surface area contributed by atoms with E-state index in [1.807, 2.05) is 23.4 Å². The molecule has 0 aliphatic carbocycles. The fourth-order valence-corrected chi connectivity index (χ4v) is 3.36. The van der Waals surface area contributed by atoms with E-state index in [1.165, 1.54) is 16.2 Å². The van der Waals surface area contributed by atoms with Crippen LogP contribution in [0.2, 0.25) is 0 Å². The monoisotopic (exact) mass is 309 g/mol. The number of thiophene rings is 1. The molecule has 0 spiro atoms. The predicted octanol–water partition coefficient (Wildman–Crippen LogP) is 1.28. The average molecular weight is 309 g/mol. The first-order chi connectivity index (χ1) is 10.1. The highest BCUT2D eigenvalue weighted by Gasteiger charge is 2.24. The van der Waals surface area contributed by atoms with Crippen LogP contribution >= 0.6 is 11.3 Å². The Morgan fingerprint density at radius 1 is 1.43 bits per heavy atom. The molecular weight excluding hydrogens is 286 g/mol. The standard InChI is InChI=1S/C15H23N3O2S/c1-16-10-12-5-7-18(8-6-12)14(19)11-17(2)15(20)13-4-3-9-21-13/h3-4,9,12,16H,5-8,10-11H2,1-2H3. The van der Waals surface area contributed by atoms with E-state index in [1.54, 1.807) is 13.1 Å². The second-order valence-electron chi connectivity index (χ2n) is 5.52. The molecule has 0 saturated carbocycles. The van der Waals surface area contributed by atoms with E-state index in [2.05, 4.69) is 5.32 Å². The molecular formula is C15H23N3O2S. The lowest BCUT2D eigenvalue weighted by Gasteiger charge is -2.33. The molecule has 2 amide bonds. The van der Waals surface area contributed by atoms with E-state index in [0.29, 0.717) is 10.8 Å². The zero-order valence-corrected chi connectivity index (χ0v) is 13.5. The van der Waals surface area contributed by atoms with Gasteiger partial charge in [0.15, 0.2) is 0 Å². The van der Waals surface area contributed by atoms with Crippen molar-refractivity contribution in [3.05, 3.63) is 22.4 Å². The smallest absolute Gasteiger partial charge is 0.264 e. The van der Waals surface area contributed by atoms with Crippen molar-refractivity contribution in [1.29, 1.82) is 0 Å². The molecule has 2 heterocycles. The van der Waals surface area contributed by atoms with Crippen molar-refractivity contribution in [3.8, 4) is 0 Å². The number of likely N-dealkylation sites (tertiary alicyclic amines) is 1. The quantitative estimate of drug-likeness (QED) is 0.891. The van der Waals surface area contributed by atoms with Gasteiger partial charge < -0.3 is 15.1 Å². The lowest BCUT2D eigenvalue weighted by atomic mass is 9.97. The third-order valence-corrected chi connectivity index (χ3v) is 4.77. The van der Waals surface area contributed by atoms with Gasteiger partial charge >= 0.3 is 0 Å². The number of carbonyl (C=O) groups is 2. The third kappa shape index (κ3) is 4.28. The van der Waals surface area contributed by atoms with E-state index in [-0.39, 0.29) is 18.4 Å². The molecule has 116 valence electrons. The van der Waals surface area contributed by atoms with Crippen LogP contribution < -0.4 is 5.32 Å². The number of hydrogen-bond acceptors (Lipinski definition) is 4. The van der Waals surface area contributed by atoms with E-state index in [9.17, 15) is 9.59 Å². The fourth-order valence-electron chi connectivity index (χ4n) is 2.64. The summed E-state index contributed by atoms with van der Waals surface area (Å²) in [5.74, 6) is 0.623. The molecule has 1 fully saturated rings. The molecule has 1 aromatic heterocycles. The van der Waals surface area contributed by atoms with Crippen LogP contribution in [0.15, 0.2) is 17.5 Å². The van der Waals surface area contributed by atoms with Gasteiger partial charge in [-0.05, 0) is 43.8 Å². The van der Waals surface area contributed by atoms with E-state index in [4.69, 9.17) is 0 Å². The number of rotatable bonds is 5. The van der Waals surface area contributed by atoms with E-state index >= 15 is 0 Å². The molecule has 0 bridgehead atoms. The Hall–Kier alpha value is -1.40. The zero-order valence-electron chi connectivity index (χ0n) is 12.7. The summed E-state index contributed by atoms with van der Waals surface area (Å²) in [5.41, 5.74) is 0. The lowest BCUT2D eigenvalue weighted by Crippen LogP contribution is -2.45. The minimum absolute atomic E-state index is 0.0466. The number of likely N-dealkylation sites (N-methyl/N-ethyl adjacent to an activating group) is 1. The molecule has 1 aliphatic rings. The van der Waals surface area contributed by atoms with Crippen molar-refractivity contribution < 1.29 is 9.59 Å². The first kappa shape index (κ1) is 16.0. The SMILES string of the molecule is CNCC1CCN(C(=O)CN(C)C(=O)c2cccs2)CC1. The molecule has 21 heavy (non-hydrogen) atoms. The number of piperidine rings is 1. The Kier molecular flexibility index (Phi) is 5.76. The van der Waals surface area contributed by atoms with Gasteiger partial charge in [-0.15, -0.1) is 11.3 Å². The van der Waals surface area contributed by atoms with Crippen molar-refractivity contribution in [2.45, 2.75) is 12.8 Å². The van der Waals surface area contributed by atoms with Gasteiger partial charge in [-0.3, -0.25) is 9.59 Å². The lowest BCUT2D eigenvalue weighted by molar-refractivity contribution is -0.133. The van der Waals surface area contributed by atoms with Crippen LogP contribution in [0.5, 0.6) is 0 Å². The molecule has 0 aromatic carbocycles. The summed E-state index contributed by atoms with van der Waals surface area (Å²) in [6.45, 7) is 2.77. The average Bonchev–Trinajstić information content (AvgIpc) is 3.01. The minimum atomic E-state index is -0.0802. The molecule has 6 heteroatoms. The summed E-state index contributed by atoms with van der Waals surface area (Å²) >= 11 is 1.40. The van der Waals surface area contributed by atoms with Crippen LogP contribution in [0, 0.1) is 5.92 Å². The highest BCUT2D eigenvalue weighted by atomic mass is 32.1. The Labute approximate surface area is 129 Å². The molecule has 1 saturated heterocycles. The number of nitrogens with zero attached hydrogens (tertiary/aromatic N) is 2. The van der Waals surface area contributed by atoms with Crippen molar-refractivity contribution in [1.82, 2.24) is 15.1 Å². The molecule has 0 atom stereocenters.